The van der Waals surface area contributed by atoms with Crippen molar-refractivity contribution in [3.05, 3.63) is 60.8 Å². The van der Waals surface area contributed by atoms with Crippen molar-refractivity contribution in [1.29, 1.82) is 0 Å². The third kappa shape index (κ3) is 1.36. The minimum absolute atomic E-state index is 1.17. The van der Waals surface area contributed by atoms with Gasteiger partial charge in [0.1, 0.15) is 0 Å². The van der Waals surface area contributed by atoms with Crippen molar-refractivity contribution < 1.29 is 0 Å². The number of aromatic nitrogens is 2. The van der Waals surface area contributed by atoms with Gasteiger partial charge in [-0.25, -0.2) is 0 Å². The van der Waals surface area contributed by atoms with Crippen LogP contribution in [-0.2, 0) is 0 Å². The van der Waals surface area contributed by atoms with Gasteiger partial charge in [0.2, 0.25) is 0 Å². The van der Waals surface area contributed by atoms with Crippen LogP contribution in [0.3, 0.4) is 0 Å². The fraction of sp³-hybridized carbons (Fsp3) is 0. The van der Waals surface area contributed by atoms with Crippen LogP contribution < -0.4 is 0 Å². The number of hydrogen-bond donors (Lipinski definition) is 2. The maximum Gasteiger partial charge on any atom is 0.0465 e. The average molecular weight is 232 g/mol. The Morgan fingerprint density at radius 3 is 2.56 bits per heavy atom. The molecule has 0 fully saturated rings. The molecule has 0 saturated carbocycles. The van der Waals surface area contributed by atoms with Gasteiger partial charge in [0.15, 0.2) is 0 Å². The molecule has 2 heteroatoms. The molecule has 2 aromatic carbocycles. The summed E-state index contributed by atoms with van der Waals surface area (Å²) in [6, 6.07) is 19.1. The first kappa shape index (κ1) is 9.54. The lowest BCUT2D eigenvalue weighted by atomic mass is 10.1. The third-order valence-electron chi connectivity index (χ3n) is 3.39. The van der Waals surface area contributed by atoms with E-state index in [2.05, 4.69) is 64.6 Å². The molecule has 0 amide bonds. The van der Waals surface area contributed by atoms with Crippen molar-refractivity contribution in [3.63, 3.8) is 0 Å². The summed E-state index contributed by atoms with van der Waals surface area (Å²) in [5.74, 6) is 0. The van der Waals surface area contributed by atoms with Gasteiger partial charge < -0.3 is 9.97 Å². The number of fused-ring (bicyclic) bond motifs is 2. The average Bonchev–Trinajstić information content (AvgIpc) is 3.04. The van der Waals surface area contributed by atoms with Crippen molar-refractivity contribution in [3.8, 4) is 11.3 Å². The summed E-state index contributed by atoms with van der Waals surface area (Å²) in [4.78, 5) is 6.67. The monoisotopic (exact) mass is 232 g/mol. The van der Waals surface area contributed by atoms with Crippen LogP contribution in [0.1, 0.15) is 0 Å². The third-order valence-corrected chi connectivity index (χ3v) is 3.39. The van der Waals surface area contributed by atoms with E-state index in [0.29, 0.717) is 0 Å². The molecular formula is C16H12N2. The summed E-state index contributed by atoms with van der Waals surface area (Å²) < 4.78 is 0. The van der Waals surface area contributed by atoms with Gasteiger partial charge in [-0.3, -0.25) is 0 Å². The smallest absolute Gasteiger partial charge is 0.0465 e. The summed E-state index contributed by atoms with van der Waals surface area (Å²) in [7, 11) is 0. The molecule has 0 aliphatic heterocycles. The Morgan fingerprint density at radius 1 is 0.722 bits per heavy atom. The molecule has 0 spiro atoms. The summed E-state index contributed by atoms with van der Waals surface area (Å²) in [6.45, 7) is 0. The number of aromatic amines is 2. The Labute approximate surface area is 104 Å². The van der Waals surface area contributed by atoms with Crippen LogP contribution in [0.4, 0.5) is 0 Å². The number of nitrogens with one attached hydrogen (secondary N) is 2. The number of H-pyrrole nitrogens is 2. The van der Waals surface area contributed by atoms with Gasteiger partial charge in [-0.15, -0.1) is 0 Å². The molecular weight excluding hydrogens is 220 g/mol. The minimum Gasteiger partial charge on any atom is -0.361 e. The molecule has 2 heterocycles. The molecule has 86 valence electrons. The highest BCUT2D eigenvalue weighted by atomic mass is 14.7. The largest absolute Gasteiger partial charge is 0.361 e. The molecule has 0 aliphatic rings. The summed E-state index contributed by atoms with van der Waals surface area (Å²) in [6.07, 6.45) is 1.97. The molecule has 0 unspecified atom stereocenters. The first-order chi connectivity index (χ1) is 8.90. The van der Waals surface area contributed by atoms with E-state index >= 15 is 0 Å². The van der Waals surface area contributed by atoms with Gasteiger partial charge in [0.25, 0.3) is 0 Å². The lowest BCUT2D eigenvalue weighted by Crippen LogP contribution is -1.76. The zero-order valence-electron chi connectivity index (χ0n) is 9.77. The molecule has 0 bridgehead atoms. The van der Waals surface area contributed by atoms with Crippen molar-refractivity contribution in [2.24, 2.45) is 0 Å². The van der Waals surface area contributed by atoms with Crippen molar-refractivity contribution in [2.75, 3.05) is 0 Å². The van der Waals surface area contributed by atoms with Crippen LogP contribution in [0.15, 0.2) is 60.8 Å². The highest BCUT2D eigenvalue weighted by molar-refractivity contribution is 5.89. The zero-order chi connectivity index (χ0) is 11.9. The van der Waals surface area contributed by atoms with E-state index in [-0.39, 0.29) is 0 Å². The highest BCUT2D eigenvalue weighted by Gasteiger charge is 2.04. The van der Waals surface area contributed by atoms with Gasteiger partial charge in [0, 0.05) is 33.7 Å². The summed E-state index contributed by atoms with van der Waals surface area (Å²) in [5.41, 5.74) is 4.74. The molecule has 0 radical (unpaired) electrons. The van der Waals surface area contributed by atoms with Gasteiger partial charge >= 0.3 is 0 Å². The number of rotatable bonds is 1. The molecule has 4 rings (SSSR count). The fourth-order valence-corrected chi connectivity index (χ4v) is 2.45. The summed E-state index contributed by atoms with van der Waals surface area (Å²) in [5, 5.41) is 2.49. The Kier molecular flexibility index (Phi) is 1.86. The molecule has 2 N–H and O–H groups in total. The van der Waals surface area contributed by atoms with Gasteiger partial charge in [-0.05, 0) is 35.9 Å². The number of para-hydroxylation sites is 1. The topological polar surface area (TPSA) is 31.6 Å². The Hall–Kier alpha value is -2.48. The molecule has 0 atom stereocenters. The van der Waals surface area contributed by atoms with Crippen LogP contribution in [0.2, 0.25) is 0 Å². The number of benzene rings is 2. The molecule has 0 aliphatic carbocycles. The van der Waals surface area contributed by atoms with E-state index in [9.17, 15) is 0 Å². The highest BCUT2D eigenvalue weighted by Crippen LogP contribution is 2.26. The maximum absolute atomic E-state index is 3.46. The molecule has 0 saturated heterocycles. The Bertz CT molecular complexity index is 803. The van der Waals surface area contributed by atoms with E-state index in [1.807, 2.05) is 6.20 Å². The maximum atomic E-state index is 3.46. The van der Waals surface area contributed by atoms with Crippen LogP contribution in [0.25, 0.3) is 33.1 Å². The van der Waals surface area contributed by atoms with E-state index < -0.39 is 0 Å². The lowest BCUT2D eigenvalue weighted by Gasteiger charge is -1.98. The van der Waals surface area contributed by atoms with Gasteiger partial charge in [-0.1, -0.05) is 24.3 Å². The molecule has 2 nitrogen and oxygen atoms in total. The van der Waals surface area contributed by atoms with Crippen molar-refractivity contribution >= 4 is 21.8 Å². The first-order valence-electron chi connectivity index (χ1n) is 6.05. The minimum atomic E-state index is 1.17. The standard InChI is InChI=1S/C16H12N2/c1-2-4-15-11(3-1)10-16(18-15)12-5-6-14-13(9-12)7-8-17-14/h1-10,17-18H. The summed E-state index contributed by atoms with van der Waals surface area (Å²) >= 11 is 0. The van der Waals surface area contributed by atoms with Crippen LogP contribution >= 0.6 is 0 Å². The second-order valence-electron chi connectivity index (χ2n) is 4.55. The van der Waals surface area contributed by atoms with E-state index in [0.717, 1.165) is 0 Å². The van der Waals surface area contributed by atoms with Crippen LogP contribution in [-0.4, -0.2) is 9.97 Å². The van der Waals surface area contributed by atoms with E-state index in [1.54, 1.807) is 0 Å². The van der Waals surface area contributed by atoms with Crippen molar-refractivity contribution in [2.45, 2.75) is 0 Å². The van der Waals surface area contributed by atoms with Crippen LogP contribution in [0, 0.1) is 0 Å². The molecule has 2 aromatic heterocycles. The first-order valence-corrected chi connectivity index (χ1v) is 6.05. The quantitative estimate of drug-likeness (QED) is 0.490. The normalized spacial score (nSPS) is 11.3. The lowest BCUT2D eigenvalue weighted by molar-refractivity contribution is 1.45. The van der Waals surface area contributed by atoms with Gasteiger partial charge in [-0.2, -0.15) is 0 Å². The second-order valence-corrected chi connectivity index (χ2v) is 4.55. The fourth-order valence-electron chi connectivity index (χ4n) is 2.45. The SMILES string of the molecule is c1ccc2[nH]c(-c3ccc4[nH]ccc4c3)cc2c1. The van der Waals surface area contributed by atoms with Crippen LogP contribution in [0.5, 0.6) is 0 Å². The molecule has 18 heavy (non-hydrogen) atoms. The van der Waals surface area contributed by atoms with E-state index in [1.165, 1.54) is 33.1 Å². The molecule has 4 aromatic rings. The second kappa shape index (κ2) is 3.50. The zero-order valence-corrected chi connectivity index (χ0v) is 9.77. The predicted molar refractivity (Wildman–Crippen MR) is 75.6 cm³/mol. The number of hydrogen-bond acceptors (Lipinski definition) is 0. The Morgan fingerprint density at radius 2 is 1.61 bits per heavy atom. The van der Waals surface area contributed by atoms with Crippen molar-refractivity contribution in [1.82, 2.24) is 9.97 Å². The van der Waals surface area contributed by atoms with E-state index in [4.69, 9.17) is 0 Å². The Balaban J connectivity index is 1.94. The predicted octanol–water partition coefficient (Wildman–Crippen LogP) is 4.32. The van der Waals surface area contributed by atoms with Gasteiger partial charge in [0.05, 0.1) is 0 Å².